The second-order valence-electron chi connectivity index (χ2n) is 5.19. The SMILES string of the molecule is CS(=O)(=O)c1cc(Cl)cc(NC(=O)c2cc3ccc(F)cc3s2)c1. The summed E-state index contributed by atoms with van der Waals surface area (Å²) in [7, 11) is -3.45. The van der Waals surface area contributed by atoms with Gasteiger partial charge in [0.05, 0.1) is 9.77 Å². The van der Waals surface area contributed by atoms with Crippen molar-refractivity contribution in [3.8, 4) is 0 Å². The molecule has 8 heteroatoms. The molecule has 24 heavy (non-hydrogen) atoms. The summed E-state index contributed by atoms with van der Waals surface area (Å²) < 4.78 is 37.2. The van der Waals surface area contributed by atoms with Gasteiger partial charge in [0.15, 0.2) is 9.84 Å². The molecule has 0 saturated carbocycles. The van der Waals surface area contributed by atoms with E-state index >= 15 is 0 Å². The number of sulfone groups is 1. The topological polar surface area (TPSA) is 63.2 Å². The molecule has 0 unspecified atom stereocenters. The molecule has 1 N–H and O–H groups in total. The van der Waals surface area contributed by atoms with Gasteiger partial charge < -0.3 is 5.32 Å². The number of amides is 1. The van der Waals surface area contributed by atoms with Gasteiger partial charge in [0.25, 0.3) is 5.91 Å². The first kappa shape index (κ1) is 16.9. The predicted octanol–water partition coefficient (Wildman–Crippen LogP) is 4.35. The number of nitrogens with one attached hydrogen (secondary N) is 1. The molecule has 1 aromatic heterocycles. The number of carbonyl (C=O) groups is 1. The number of hydrogen-bond acceptors (Lipinski definition) is 4. The fourth-order valence-electron chi connectivity index (χ4n) is 2.16. The highest BCUT2D eigenvalue weighted by atomic mass is 35.5. The Labute approximate surface area is 146 Å². The van der Waals surface area contributed by atoms with Crippen LogP contribution in [-0.4, -0.2) is 20.6 Å². The number of halogens is 2. The Kier molecular flexibility index (Phi) is 4.33. The molecule has 0 saturated heterocycles. The molecule has 0 aliphatic rings. The second-order valence-corrected chi connectivity index (χ2v) is 8.73. The molecule has 124 valence electrons. The summed E-state index contributed by atoms with van der Waals surface area (Å²) in [5.74, 6) is -0.790. The Morgan fingerprint density at radius 3 is 2.62 bits per heavy atom. The number of hydrogen-bond donors (Lipinski definition) is 1. The van der Waals surface area contributed by atoms with Crippen molar-refractivity contribution in [1.29, 1.82) is 0 Å². The third kappa shape index (κ3) is 3.58. The molecule has 3 rings (SSSR count). The van der Waals surface area contributed by atoms with E-state index < -0.39 is 15.7 Å². The molecule has 0 spiro atoms. The van der Waals surface area contributed by atoms with Gasteiger partial charge in [-0.2, -0.15) is 0 Å². The predicted molar refractivity (Wildman–Crippen MR) is 94.3 cm³/mol. The minimum Gasteiger partial charge on any atom is -0.321 e. The molecule has 0 atom stereocenters. The van der Waals surface area contributed by atoms with E-state index in [1.807, 2.05) is 0 Å². The highest BCUT2D eigenvalue weighted by Crippen LogP contribution is 2.28. The number of thiophene rings is 1. The van der Waals surface area contributed by atoms with Crippen molar-refractivity contribution in [3.63, 3.8) is 0 Å². The van der Waals surface area contributed by atoms with Crippen LogP contribution in [0.15, 0.2) is 47.4 Å². The van der Waals surface area contributed by atoms with Crippen LogP contribution in [0.1, 0.15) is 9.67 Å². The Morgan fingerprint density at radius 2 is 1.92 bits per heavy atom. The van der Waals surface area contributed by atoms with Crippen LogP contribution in [0.4, 0.5) is 10.1 Å². The Hall–Kier alpha value is -1.96. The highest BCUT2D eigenvalue weighted by Gasteiger charge is 2.14. The molecule has 0 aliphatic carbocycles. The van der Waals surface area contributed by atoms with Crippen LogP contribution in [-0.2, 0) is 9.84 Å². The Bertz CT molecular complexity index is 1060. The molecule has 0 bridgehead atoms. The first-order valence-electron chi connectivity index (χ1n) is 6.73. The lowest BCUT2D eigenvalue weighted by molar-refractivity contribution is 0.103. The minimum atomic E-state index is -3.45. The van der Waals surface area contributed by atoms with Crippen LogP contribution >= 0.6 is 22.9 Å². The third-order valence-electron chi connectivity index (χ3n) is 3.26. The van der Waals surface area contributed by atoms with E-state index in [0.717, 1.165) is 23.0 Å². The molecule has 1 heterocycles. The van der Waals surface area contributed by atoms with Crippen LogP contribution in [0, 0.1) is 5.82 Å². The molecular weight excluding hydrogens is 373 g/mol. The Balaban J connectivity index is 1.92. The van der Waals surface area contributed by atoms with Gasteiger partial charge in [-0.15, -0.1) is 11.3 Å². The summed E-state index contributed by atoms with van der Waals surface area (Å²) in [6.45, 7) is 0. The number of carbonyl (C=O) groups excluding carboxylic acids is 1. The van der Waals surface area contributed by atoms with Crippen LogP contribution in [0.2, 0.25) is 5.02 Å². The smallest absolute Gasteiger partial charge is 0.265 e. The van der Waals surface area contributed by atoms with Crippen molar-refractivity contribution in [2.24, 2.45) is 0 Å². The van der Waals surface area contributed by atoms with Gasteiger partial charge in [0.1, 0.15) is 5.82 Å². The fraction of sp³-hybridized carbons (Fsp3) is 0.0625. The maximum atomic E-state index is 13.2. The number of fused-ring (bicyclic) bond motifs is 1. The third-order valence-corrected chi connectivity index (χ3v) is 5.67. The zero-order valence-corrected chi connectivity index (χ0v) is 14.7. The molecule has 1 amide bonds. The van der Waals surface area contributed by atoms with Crippen LogP contribution in [0.25, 0.3) is 10.1 Å². The van der Waals surface area contributed by atoms with Crippen molar-refractivity contribution in [2.75, 3.05) is 11.6 Å². The van der Waals surface area contributed by atoms with E-state index in [1.54, 1.807) is 12.1 Å². The van der Waals surface area contributed by atoms with Crippen molar-refractivity contribution in [1.82, 2.24) is 0 Å². The lowest BCUT2D eigenvalue weighted by Crippen LogP contribution is -2.10. The number of benzene rings is 2. The summed E-state index contributed by atoms with van der Waals surface area (Å²) in [4.78, 5) is 12.8. The van der Waals surface area contributed by atoms with Gasteiger partial charge in [0.2, 0.25) is 0 Å². The zero-order valence-electron chi connectivity index (χ0n) is 12.3. The average Bonchev–Trinajstić information content (AvgIpc) is 2.88. The highest BCUT2D eigenvalue weighted by molar-refractivity contribution is 7.90. The largest absolute Gasteiger partial charge is 0.321 e. The quantitative estimate of drug-likeness (QED) is 0.731. The van der Waals surface area contributed by atoms with Gasteiger partial charge in [-0.1, -0.05) is 17.7 Å². The van der Waals surface area contributed by atoms with Gasteiger partial charge in [-0.3, -0.25) is 4.79 Å². The lowest BCUT2D eigenvalue weighted by atomic mass is 10.2. The van der Waals surface area contributed by atoms with Crippen LogP contribution < -0.4 is 5.32 Å². The van der Waals surface area contributed by atoms with E-state index in [-0.39, 0.29) is 21.4 Å². The second kappa shape index (κ2) is 6.16. The molecule has 0 aliphatic heterocycles. The van der Waals surface area contributed by atoms with E-state index in [0.29, 0.717) is 9.58 Å². The first-order chi connectivity index (χ1) is 11.2. The molecule has 4 nitrogen and oxygen atoms in total. The maximum Gasteiger partial charge on any atom is 0.265 e. The summed E-state index contributed by atoms with van der Waals surface area (Å²) in [6, 6.07) is 10.0. The van der Waals surface area contributed by atoms with Crippen LogP contribution in [0.5, 0.6) is 0 Å². The van der Waals surface area contributed by atoms with Gasteiger partial charge >= 0.3 is 0 Å². The monoisotopic (exact) mass is 383 g/mol. The van der Waals surface area contributed by atoms with Crippen molar-refractivity contribution in [2.45, 2.75) is 4.90 Å². The summed E-state index contributed by atoms with van der Waals surface area (Å²) in [6.07, 6.45) is 1.06. The van der Waals surface area contributed by atoms with E-state index in [1.165, 1.54) is 30.3 Å². The summed E-state index contributed by atoms with van der Waals surface area (Å²) >= 11 is 7.06. The standard InChI is InChI=1S/C16H11ClFNO3S2/c1-24(21,22)13-6-10(17)5-12(8-13)19-16(20)15-4-9-2-3-11(18)7-14(9)23-15/h2-8H,1H3,(H,19,20). The Morgan fingerprint density at radius 1 is 1.17 bits per heavy atom. The lowest BCUT2D eigenvalue weighted by Gasteiger charge is -2.07. The van der Waals surface area contributed by atoms with Gasteiger partial charge in [-0.25, -0.2) is 12.8 Å². The first-order valence-corrected chi connectivity index (χ1v) is 9.82. The van der Waals surface area contributed by atoms with E-state index in [2.05, 4.69) is 5.32 Å². The van der Waals surface area contributed by atoms with Gasteiger partial charge in [0, 0.05) is 21.7 Å². The molecule has 0 radical (unpaired) electrons. The maximum absolute atomic E-state index is 13.2. The van der Waals surface area contributed by atoms with Crippen molar-refractivity contribution < 1.29 is 17.6 Å². The van der Waals surface area contributed by atoms with E-state index in [4.69, 9.17) is 11.6 Å². The van der Waals surface area contributed by atoms with Crippen LogP contribution in [0.3, 0.4) is 0 Å². The zero-order chi connectivity index (χ0) is 17.5. The normalized spacial score (nSPS) is 11.6. The molecular formula is C16H11ClFNO3S2. The summed E-state index contributed by atoms with van der Waals surface area (Å²) in [5, 5.41) is 3.58. The van der Waals surface area contributed by atoms with Crippen molar-refractivity contribution in [3.05, 3.63) is 58.2 Å². The van der Waals surface area contributed by atoms with E-state index in [9.17, 15) is 17.6 Å². The van der Waals surface area contributed by atoms with Gasteiger partial charge in [-0.05, 0) is 41.8 Å². The molecule has 2 aromatic carbocycles. The van der Waals surface area contributed by atoms with Crippen molar-refractivity contribution >= 4 is 54.5 Å². The molecule has 3 aromatic rings. The number of rotatable bonds is 3. The molecule has 0 fully saturated rings. The minimum absolute atomic E-state index is 0.0173. The summed E-state index contributed by atoms with van der Waals surface area (Å²) in [5.41, 5.74) is 0.275. The average molecular weight is 384 g/mol. The number of anilines is 1. The fourth-order valence-corrected chi connectivity index (χ4v) is 4.12.